The van der Waals surface area contributed by atoms with Crippen molar-refractivity contribution in [2.45, 2.75) is 0 Å². The maximum Gasteiger partial charge on any atom is 0.336 e. The fourth-order valence-corrected chi connectivity index (χ4v) is 4.76. The maximum atomic E-state index is 12.1. The number of halogens is 3. The van der Waals surface area contributed by atoms with E-state index in [-0.39, 0.29) is 37.0 Å². The second-order valence-corrected chi connectivity index (χ2v) is 8.42. The van der Waals surface area contributed by atoms with Crippen LogP contribution in [-0.2, 0) is 0 Å². The molecule has 140 valence electrons. The van der Waals surface area contributed by atoms with E-state index in [1.54, 1.807) is 30.3 Å². The number of carboxylic acids is 1. The van der Waals surface area contributed by atoms with Crippen molar-refractivity contribution in [1.82, 2.24) is 0 Å². The fraction of sp³-hybridized carbons (Fsp3) is 0. The normalized spacial score (nSPS) is 11.2. The summed E-state index contributed by atoms with van der Waals surface area (Å²) >= 11 is 9.91. The SMILES string of the molecule is O=C(O)c1ccccc1-c1c2ccc(=O)c(Br)c-2oc2c(Br)c(O)c(Br)cc12. The van der Waals surface area contributed by atoms with E-state index in [1.807, 2.05) is 0 Å². The molecule has 0 amide bonds. The molecule has 0 fully saturated rings. The van der Waals surface area contributed by atoms with Crippen molar-refractivity contribution in [3.8, 4) is 28.2 Å². The fourth-order valence-electron chi connectivity index (χ4n) is 3.14. The van der Waals surface area contributed by atoms with Crippen molar-refractivity contribution >= 4 is 64.7 Å². The minimum atomic E-state index is -1.07. The van der Waals surface area contributed by atoms with Gasteiger partial charge < -0.3 is 14.6 Å². The first-order chi connectivity index (χ1) is 13.3. The Morgan fingerprint density at radius 3 is 2.39 bits per heavy atom. The number of hydrogen-bond acceptors (Lipinski definition) is 4. The molecule has 0 saturated heterocycles. The lowest BCUT2D eigenvalue weighted by molar-refractivity contribution is 0.0697. The lowest BCUT2D eigenvalue weighted by Gasteiger charge is -2.18. The average molecular weight is 569 g/mol. The maximum absolute atomic E-state index is 12.1. The molecule has 0 bridgehead atoms. The molecule has 2 aromatic carbocycles. The van der Waals surface area contributed by atoms with Gasteiger partial charge in [-0.2, -0.15) is 0 Å². The van der Waals surface area contributed by atoms with E-state index >= 15 is 0 Å². The van der Waals surface area contributed by atoms with Crippen LogP contribution < -0.4 is 5.43 Å². The standard InChI is InChI=1S/C20H9Br3O5/c21-12-7-11-14(8-3-1-2-4-9(8)20(26)27)10-5-6-13(24)15(22)18(10)28-19(11)16(23)17(12)25/h1-7,25H,(H,26,27). The van der Waals surface area contributed by atoms with E-state index in [1.165, 1.54) is 12.1 Å². The zero-order valence-corrected chi connectivity index (χ0v) is 18.6. The second kappa shape index (κ2) is 7.02. The van der Waals surface area contributed by atoms with Gasteiger partial charge in [-0.15, -0.1) is 0 Å². The van der Waals surface area contributed by atoms with Gasteiger partial charge in [0.05, 0.1) is 10.0 Å². The molecule has 28 heavy (non-hydrogen) atoms. The first-order valence-electron chi connectivity index (χ1n) is 7.90. The molecule has 1 aliphatic heterocycles. The van der Waals surface area contributed by atoms with Crippen molar-refractivity contribution in [2.24, 2.45) is 0 Å². The summed E-state index contributed by atoms with van der Waals surface area (Å²) in [5.74, 6) is -0.880. The number of carbonyl (C=O) groups is 1. The summed E-state index contributed by atoms with van der Waals surface area (Å²) in [5, 5.41) is 20.5. The lowest BCUT2D eigenvalue weighted by Crippen LogP contribution is -2.05. The molecule has 1 heterocycles. The molecule has 0 aromatic heterocycles. The highest BCUT2D eigenvalue weighted by molar-refractivity contribution is 9.11. The van der Waals surface area contributed by atoms with Crippen LogP contribution in [0.2, 0.25) is 0 Å². The highest BCUT2D eigenvalue weighted by Gasteiger charge is 2.26. The molecule has 1 aliphatic carbocycles. The monoisotopic (exact) mass is 566 g/mol. The molecule has 2 N–H and O–H groups in total. The molecule has 0 spiro atoms. The molecule has 0 saturated carbocycles. The predicted molar refractivity (Wildman–Crippen MR) is 116 cm³/mol. The predicted octanol–water partition coefficient (Wildman–Crippen LogP) is 6.26. The van der Waals surface area contributed by atoms with Crippen LogP contribution in [0.25, 0.3) is 33.4 Å². The summed E-state index contributed by atoms with van der Waals surface area (Å²) in [7, 11) is 0. The summed E-state index contributed by atoms with van der Waals surface area (Å²) < 4.78 is 6.88. The molecule has 8 heteroatoms. The number of hydrogen-bond donors (Lipinski definition) is 2. The van der Waals surface area contributed by atoms with Gasteiger partial charge in [-0.05, 0) is 77.6 Å². The van der Waals surface area contributed by atoms with Gasteiger partial charge in [0.1, 0.15) is 14.7 Å². The Morgan fingerprint density at radius 1 is 0.964 bits per heavy atom. The number of phenolic OH excluding ortho intramolecular Hbond substituents is 1. The van der Waals surface area contributed by atoms with Crippen LogP contribution in [0.3, 0.4) is 0 Å². The second-order valence-electron chi connectivity index (χ2n) is 5.98. The van der Waals surface area contributed by atoms with Crippen LogP contribution >= 0.6 is 47.8 Å². The van der Waals surface area contributed by atoms with Crippen molar-refractivity contribution in [3.05, 3.63) is 71.7 Å². The molecule has 0 unspecified atom stereocenters. The zero-order chi connectivity index (χ0) is 20.2. The quantitative estimate of drug-likeness (QED) is 0.279. The highest BCUT2D eigenvalue weighted by Crippen LogP contribution is 2.48. The third kappa shape index (κ3) is 2.87. The van der Waals surface area contributed by atoms with Gasteiger partial charge in [-0.1, -0.05) is 18.2 Å². The van der Waals surface area contributed by atoms with Crippen molar-refractivity contribution < 1.29 is 19.4 Å². The van der Waals surface area contributed by atoms with Gasteiger partial charge >= 0.3 is 5.97 Å². The van der Waals surface area contributed by atoms with E-state index in [0.717, 1.165) is 0 Å². The van der Waals surface area contributed by atoms with Crippen molar-refractivity contribution in [1.29, 1.82) is 0 Å². The first-order valence-corrected chi connectivity index (χ1v) is 10.3. The van der Waals surface area contributed by atoms with Gasteiger partial charge in [0.2, 0.25) is 0 Å². The zero-order valence-electron chi connectivity index (χ0n) is 13.8. The third-order valence-electron chi connectivity index (χ3n) is 4.38. The van der Waals surface area contributed by atoms with Crippen LogP contribution in [0.1, 0.15) is 10.4 Å². The van der Waals surface area contributed by atoms with Crippen LogP contribution in [-0.4, -0.2) is 16.2 Å². The molecular formula is C20H9Br3O5. The summed E-state index contributed by atoms with van der Waals surface area (Å²) in [6.45, 7) is 0. The molecule has 0 atom stereocenters. The van der Waals surface area contributed by atoms with E-state index in [4.69, 9.17) is 4.42 Å². The number of rotatable bonds is 2. The van der Waals surface area contributed by atoms with Gasteiger partial charge in [0.25, 0.3) is 0 Å². The summed E-state index contributed by atoms with van der Waals surface area (Å²) in [6.07, 6.45) is 0. The Bertz CT molecular complexity index is 1310. The Balaban J connectivity index is 2.31. The van der Waals surface area contributed by atoms with Gasteiger partial charge in [-0.25, -0.2) is 4.79 Å². The Labute approximate surface area is 183 Å². The minimum absolute atomic E-state index is 0.0672. The third-order valence-corrected chi connectivity index (χ3v) is 6.47. The highest BCUT2D eigenvalue weighted by atomic mass is 79.9. The van der Waals surface area contributed by atoms with Crippen LogP contribution in [0.15, 0.2) is 65.1 Å². The number of aromatic carboxylic acids is 1. The number of fused-ring (bicyclic) bond motifs is 2. The number of phenols is 1. The van der Waals surface area contributed by atoms with Gasteiger partial charge in [-0.3, -0.25) is 4.79 Å². The average Bonchev–Trinajstić information content (AvgIpc) is 2.68. The minimum Gasteiger partial charge on any atom is -0.505 e. The number of carboxylic acid groups (broad SMARTS) is 1. The topological polar surface area (TPSA) is 87.7 Å². The Morgan fingerprint density at radius 2 is 1.68 bits per heavy atom. The molecule has 4 rings (SSSR count). The van der Waals surface area contributed by atoms with Crippen LogP contribution in [0, 0.1) is 0 Å². The Kier molecular flexibility index (Phi) is 4.81. The van der Waals surface area contributed by atoms with Gasteiger partial charge in [0, 0.05) is 16.5 Å². The number of aromatic hydroxyl groups is 1. The van der Waals surface area contributed by atoms with E-state index in [9.17, 15) is 19.8 Å². The summed E-state index contributed by atoms with van der Waals surface area (Å²) in [5.41, 5.74) is 1.74. The van der Waals surface area contributed by atoms with E-state index < -0.39 is 5.97 Å². The first kappa shape index (κ1) is 19.2. The lowest BCUT2D eigenvalue weighted by atomic mass is 9.91. The molecule has 0 radical (unpaired) electrons. The largest absolute Gasteiger partial charge is 0.505 e. The number of benzene rings is 3. The molecule has 5 nitrogen and oxygen atoms in total. The van der Waals surface area contributed by atoms with Crippen molar-refractivity contribution in [2.75, 3.05) is 0 Å². The van der Waals surface area contributed by atoms with Gasteiger partial charge in [0.15, 0.2) is 16.8 Å². The molecule has 2 aliphatic rings. The summed E-state index contributed by atoms with van der Waals surface area (Å²) in [4.78, 5) is 24.0. The van der Waals surface area contributed by atoms with Crippen molar-refractivity contribution in [3.63, 3.8) is 0 Å². The van der Waals surface area contributed by atoms with E-state index in [0.29, 0.717) is 26.5 Å². The van der Waals surface area contributed by atoms with E-state index in [2.05, 4.69) is 47.8 Å². The van der Waals surface area contributed by atoms with Crippen LogP contribution in [0.5, 0.6) is 5.75 Å². The smallest absolute Gasteiger partial charge is 0.336 e. The Hall–Kier alpha value is -2.16. The molecular weight excluding hydrogens is 560 g/mol. The summed E-state index contributed by atoms with van der Waals surface area (Å²) in [6, 6.07) is 11.3. The van der Waals surface area contributed by atoms with Crippen LogP contribution in [0.4, 0.5) is 0 Å². The molecule has 2 aromatic rings.